The Morgan fingerprint density at radius 1 is 1.30 bits per heavy atom. The van der Waals surface area contributed by atoms with Gasteiger partial charge in [0.1, 0.15) is 17.2 Å². The predicted molar refractivity (Wildman–Crippen MR) is 103 cm³/mol. The van der Waals surface area contributed by atoms with E-state index in [0.29, 0.717) is 29.5 Å². The molecule has 1 fully saturated rings. The van der Waals surface area contributed by atoms with E-state index in [4.69, 9.17) is 4.42 Å². The lowest BCUT2D eigenvalue weighted by Crippen LogP contribution is -2.33. The summed E-state index contributed by atoms with van der Waals surface area (Å²) in [6.07, 6.45) is 2.03. The Morgan fingerprint density at radius 3 is 2.59 bits per heavy atom. The molecule has 7 heteroatoms. The van der Waals surface area contributed by atoms with Crippen molar-refractivity contribution in [3.05, 3.63) is 57.5 Å². The molecule has 1 aliphatic heterocycles. The molecule has 3 rings (SSSR count). The van der Waals surface area contributed by atoms with Gasteiger partial charge in [-0.15, -0.1) is 0 Å². The Hall–Kier alpha value is -2.83. The number of anilines is 1. The van der Waals surface area contributed by atoms with Gasteiger partial charge in [-0.25, -0.2) is 0 Å². The average Bonchev–Trinajstić information content (AvgIpc) is 3.06. The molecule has 27 heavy (non-hydrogen) atoms. The van der Waals surface area contributed by atoms with Gasteiger partial charge < -0.3 is 14.2 Å². The molecule has 2 aromatic rings. The van der Waals surface area contributed by atoms with Crippen LogP contribution < -0.4 is 4.90 Å². The standard InChI is InChI=1S/C20H25N3O4/c1-14-8-10-22(11-9-14)18-7-5-16(12-19(18)23(25)26)20(24)21(3)13-17-6-4-15(2)27-17/h4-7,12,14H,8-11,13H2,1-3H3. The molecule has 144 valence electrons. The molecular formula is C20H25N3O4. The zero-order chi connectivity index (χ0) is 19.6. The number of carbonyl (C=O) groups excluding carboxylic acids is 1. The maximum atomic E-state index is 12.7. The number of nitro benzene ring substituents is 1. The summed E-state index contributed by atoms with van der Waals surface area (Å²) in [5.74, 6) is 1.82. The normalized spacial score (nSPS) is 15.0. The number of carbonyl (C=O) groups is 1. The minimum atomic E-state index is -0.403. The van der Waals surface area contributed by atoms with Gasteiger partial charge in [0.25, 0.3) is 11.6 Å². The number of benzene rings is 1. The summed E-state index contributed by atoms with van der Waals surface area (Å²) < 4.78 is 5.50. The van der Waals surface area contributed by atoms with Gasteiger partial charge >= 0.3 is 0 Å². The molecule has 1 aliphatic rings. The van der Waals surface area contributed by atoms with E-state index in [1.807, 2.05) is 24.0 Å². The maximum Gasteiger partial charge on any atom is 0.293 e. The topological polar surface area (TPSA) is 79.8 Å². The summed E-state index contributed by atoms with van der Waals surface area (Å²) in [5.41, 5.74) is 0.881. The van der Waals surface area contributed by atoms with Crippen LogP contribution in [0.25, 0.3) is 0 Å². The van der Waals surface area contributed by atoms with Crippen LogP contribution in [0.4, 0.5) is 11.4 Å². The van der Waals surface area contributed by atoms with Gasteiger partial charge in [-0.1, -0.05) is 6.92 Å². The Balaban J connectivity index is 1.80. The van der Waals surface area contributed by atoms with Crippen LogP contribution in [0.2, 0.25) is 0 Å². The van der Waals surface area contributed by atoms with E-state index in [9.17, 15) is 14.9 Å². The highest BCUT2D eigenvalue weighted by atomic mass is 16.6. The SMILES string of the molecule is Cc1ccc(CN(C)C(=O)c2ccc(N3CCC(C)CC3)c([N+](=O)[O-])c2)o1. The van der Waals surface area contributed by atoms with Crippen molar-refractivity contribution in [1.82, 2.24) is 4.90 Å². The summed E-state index contributed by atoms with van der Waals surface area (Å²) in [6, 6.07) is 8.42. The number of hydrogen-bond donors (Lipinski definition) is 0. The predicted octanol–water partition coefficient (Wildman–Crippen LogP) is 4.00. The first-order chi connectivity index (χ1) is 12.8. The third-order valence-corrected chi connectivity index (χ3v) is 5.08. The highest BCUT2D eigenvalue weighted by molar-refractivity contribution is 5.95. The molecule has 0 unspecified atom stereocenters. The number of nitro groups is 1. The number of aryl methyl sites for hydroxylation is 1. The van der Waals surface area contributed by atoms with E-state index in [1.165, 1.54) is 11.0 Å². The van der Waals surface area contributed by atoms with Crippen molar-refractivity contribution in [1.29, 1.82) is 0 Å². The first kappa shape index (κ1) is 18.9. The zero-order valence-corrected chi connectivity index (χ0v) is 16.0. The number of furan rings is 1. The molecule has 0 saturated carbocycles. The summed E-state index contributed by atoms with van der Waals surface area (Å²) in [6.45, 7) is 5.95. The quantitative estimate of drug-likeness (QED) is 0.586. The molecular weight excluding hydrogens is 346 g/mol. The van der Waals surface area contributed by atoms with Gasteiger partial charge in [-0.2, -0.15) is 0 Å². The highest BCUT2D eigenvalue weighted by Crippen LogP contribution is 2.32. The van der Waals surface area contributed by atoms with Crippen molar-refractivity contribution >= 4 is 17.3 Å². The molecule has 1 aromatic carbocycles. The third kappa shape index (κ3) is 4.30. The Morgan fingerprint density at radius 2 is 2.00 bits per heavy atom. The molecule has 1 saturated heterocycles. The van der Waals surface area contributed by atoms with Gasteiger partial charge in [0, 0.05) is 31.8 Å². The van der Waals surface area contributed by atoms with Crippen LogP contribution in [0.15, 0.2) is 34.7 Å². The van der Waals surface area contributed by atoms with Crippen LogP contribution in [0.1, 0.15) is 41.6 Å². The number of hydrogen-bond acceptors (Lipinski definition) is 5. The largest absolute Gasteiger partial charge is 0.464 e. The molecule has 0 radical (unpaired) electrons. The molecule has 0 bridgehead atoms. The van der Waals surface area contributed by atoms with Crippen molar-refractivity contribution in [2.24, 2.45) is 5.92 Å². The zero-order valence-electron chi connectivity index (χ0n) is 16.0. The molecule has 0 spiro atoms. The summed E-state index contributed by atoms with van der Waals surface area (Å²) in [5, 5.41) is 11.6. The third-order valence-electron chi connectivity index (χ3n) is 5.08. The fourth-order valence-corrected chi connectivity index (χ4v) is 3.42. The fourth-order valence-electron chi connectivity index (χ4n) is 3.42. The lowest BCUT2D eigenvalue weighted by Gasteiger charge is -2.31. The van der Waals surface area contributed by atoms with Gasteiger partial charge in [0.2, 0.25) is 0 Å². The monoisotopic (exact) mass is 371 g/mol. The number of piperidine rings is 1. The smallest absolute Gasteiger partial charge is 0.293 e. The minimum absolute atomic E-state index is 0.0161. The van der Waals surface area contributed by atoms with E-state index in [-0.39, 0.29) is 11.6 Å². The van der Waals surface area contributed by atoms with E-state index in [0.717, 1.165) is 31.7 Å². The molecule has 1 amide bonds. The molecule has 1 aromatic heterocycles. The number of rotatable bonds is 5. The first-order valence-electron chi connectivity index (χ1n) is 9.19. The second kappa shape index (κ2) is 7.82. The van der Waals surface area contributed by atoms with Gasteiger partial charge in [0.05, 0.1) is 11.5 Å². The van der Waals surface area contributed by atoms with Crippen molar-refractivity contribution in [2.45, 2.75) is 33.2 Å². The van der Waals surface area contributed by atoms with Crippen LogP contribution in [0, 0.1) is 23.0 Å². The van der Waals surface area contributed by atoms with Crippen LogP contribution in [-0.4, -0.2) is 35.9 Å². The first-order valence-corrected chi connectivity index (χ1v) is 9.19. The van der Waals surface area contributed by atoms with E-state index in [1.54, 1.807) is 19.2 Å². The molecule has 2 heterocycles. The van der Waals surface area contributed by atoms with E-state index >= 15 is 0 Å². The lowest BCUT2D eigenvalue weighted by atomic mass is 9.98. The van der Waals surface area contributed by atoms with Gasteiger partial charge in [-0.05, 0) is 49.9 Å². The number of amides is 1. The van der Waals surface area contributed by atoms with Crippen molar-refractivity contribution in [3.8, 4) is 0 Å². The van der Waals surface area contributed by atoms with Crippen molar-refractivity contribution in [2.75, 3.05) is 25.0 Å². The molecule has 0 N–H and O–H groups in total. The fraction of sp³-hybridized carbons (Fsp3) is 0.450. The average molecular weight is 371 g/mol. The summed E-state index contributed by atoms with van der Waals surface area (Å²) in [4.78, 5) is 27.5. The van der Waals surface area contributed by atoms with E-state index < -0.39 is 4.92 Å². The summed E-state index contributed by atoms with van der Waals surface area (Å²) in [7, 11) is 1.66. The van der Waals surface area contributed by atoms with Crippen LogP contribution in [0.3, 0.4) is 0 Å². The Labute approximate surface area is 158 Å². The summed E-state index contributed by atoms with van der Waals surface area (Å²) >= 11 is 0. The molecule has 0 atom stereocenters. The van der Waals surface area contributed by atoms with Gasteiger partial charge in [0.15, 0.2) is 0 Å². The second-order valence-corrected chi connectivity index (χ2v) is 7.30. The number of nitrogens with zero attached hydrogens (tertiary/aromatic N) is 3. The van der Waals surface area contributed by atoms with Gasteiger partial charge in [-0.3, -0.25) is 14.9 Å². The molecule has 0 aliphatic carbocycles. The second-order valence-electron chi connectivity index (χ2n) is 7.30. The minimum Gasteiger partial charge on any atom is -0.464 e. The highest BCUT2D eigenvalue weighted by Gasteiger charge is 2.25. The van der Waals surface area contributed by atoms with E-state index in [2.05, 4.69) is 6.92 Å². The van der Waals surface area contributed by atoms with Crippen molar-refractivity contribution in [3.63, 3.8) is 0 Å². The Kier molecular flexibility index (Phi) is 5.48. The van der Waals surface area contributed by atoms with Crippen LogP contribution >= 0.6 is 0 Å². The van der Waals surface area contributed by atoms with Crippen molar-refractivity contribution < 1.29 is 14.1 Å². The lowest BCUT2D eigenvalue weighted by molar-refractivity contribution is -0.384. The van der Waals surface area contributed by atoms with Crippen LogP contribution in [-0.2, 0) is 6.54 Å². The molecule has 7 nitrogen and oxygen atoms in total. The maximum absolute atomic E-state index is 12.7. The van der Waals surface area contributed by atoms with Crippen LogP contribution in [0.5, 0.6) is 0 Å². The Bertz CT molecular complexity index is 838.